The average molecular weight is 564 g/mol. The highest BCUT2D eigenvalue weighted by atomic mass is 35.5. The molecule has 42 heavy (non-hydrogen) atoms. The molecule has 2 heteroatoms. The molecule has 5 aromatic rings. The number of fused-ring (bicyclic) bond motifs is 3. The van der Waals surface area contributed by atoms with Crippen LogP contribution in [0.3, 0.4) is 0 Å². The Morgan fingerprint density at radius 3 is 1.79 bits per heavy atom. The van der Waals surface area contributed by atoms with Gasteiger partial charge in [0.05, 0.1) is 10.7 Å². The zero-order valence-electron chi connectivity index (χ0n) is 23.7. The Balaban J connectivity index is 1.24. The summed E-state index contributed by atoms with van der Waals surface area (Å²) in [5.41, 5.74) is 11.5. The number of para-hydroxylation sites is 1. The molecule has 0 saturated heterocycles. The largest absolute Gasteiger partial charge is 0.309 e. The SMILES string of the molecule is Clc1c(N(c2ccccc2)c2ccc(-c3ccccc3)cc2)ccc2c1C1(c3ccccc3-2)C2CC3CC(C2)CC1C3. The number of benzene rings is 5. The van der Waals surface area contributed by atoms with Crippen molar-refractivity contribution in [1.82, 2.24) is 0 Å². The molecule has 0 aromatic heterocycles. The average Bonchev–Trinajstić information content (AvgIpc) is 3.34. The Morgan fingerprint density at radius 1 is 0.524 bits per heavy atom. The molecule has 5 aromatic carbocycles. The van der Waals surface area contributed by atoms with E-state index in [9.17, 15) is 0 Å². The van der Waals surface area contributed by atoms with Gasteiger partial charge in [-0.05, 0) is 119 Å². The maximum absolute atomic E-state index is 7.81. The van der Waals surface area contributed by atoms with Crippen LogP contribution in [0.4, 0.5) is 17.1 Å². The van der Waals surface area contributed by atoms with E-state index in [0.717, 1.165) is 33.9 Å². The molecule has 0 atom stereocenters. The number of hydrogen-bond acceptors (Lipinski definition) is 1. The van der Waals surface area contributed by atoms with Gasteiger partial charge in [0.25, 0.3) is 0 Å². The molecule has 0 amide bonds. The molecule has 10 rings (SSSR count). The van der Waals surface area contributed by atoms with Crippen molar-refractivity contribution in [3.63, 3.8) is 0 Å². The van der Waals surface area contributed by atoms with Crippen molar-refractivity contribution in [3.05, 3.63) is 137 Å². The van der Waals surface area contributed by atoms with E-state index in [2.05, 4.69) is 126 Å². The maximum atomic E-state index is 7.81. The first-order valence-electron chi connectivity index (χ1n) is 15.7. The van der Waals surface area contributed by atoms with Crippen molar-refractivity contribution >= 4 is 28.7 Å². The quantitative estimate of drug-likeness (QED) is 0.210. The third-order valence-electron chi connectivity index (χ3n) is 11.1. The molecule has 0 unspecified atom stereocenters. The maximum Gasteiger partial charge on any atom is 0.0694 e. The fourth-order valence-electron chi connectivity index (χ4n) is 9.79. The summed E-state index contributed by atoms with van der Waals surface area (Å²) in [6.07, 6.45) is 6.86. The summed E-state index contributed by atoms with van der Waals surface area (Å²) >= 11 is 7.81. The third kappa shape index (κ3) is 3.44. The van der Waals surface area contributed by atoms with Crippen molar-refractivity contribution in [2.75, 3.05) is 4.90 Å². The minimum absolute atomic E-state index is 0.0337. The molecular formula is C40H34ClN. The zero-order valence-corrected chi connectivity index (χ0v) is 24.5. The summed E-state index contributed by atoms with van der Waals surface area (Å²) in [4.78, 5) is 2.37. The van der Waals surface area contributed by atoms with Crippen LogP contribution in [0, 0.1) is 23.7 Å². The molecule has 1 spiro atoms. The Kier molecular flexibility index (Phi) is 5.51. The highest BCUT2D eigenvalue weighted by Gasteiger charge is 2.62. The monoisotopic (exact) mass is 563 g/mol. The van der Waals surface area contributed by atoms with Crippen LogP contribution in [0.15, 0.2) is 121 Å². The first-order valence-corrected chi connectivity index (χ1v) is 16.0. The van der Waals surface area contributed by atoms with Gasteiger partial charge >= 0.3 is 0 Å². The molecule has 0 aliphatic heterocycles. The summed E-state index contributed by atoms with van der Waals surface area (Å²) in [5.74, 6) is 3.17. The van der Waals surface area contributed by atoms with Gasteiger partial charge in [0.1, 0.15) is 0 Å². The van der Waals surface area contributed by atoms with Gasteiger partial charge in [-0.25, -0.2) is 0 Å². The lowest BCUT2D eigenvalue weighted by molar-refractivity contribution is -0.0398. The smallest absolute Gasteiger partial charge is 0.0694 e. The summed E-state index contributed by atoms with van der Waals surface area (Å²) < 4.78 is 0. The second-order valence-corrected chi connectivity index (χ2v) is 13.5. The number of halogens is 1. The van der Waals surface area contributed by atoms with Crippen LogP contribution in [-0.2, 0) is 5.41 Å². The molecule has 5 aliphatic rings. The Bertz CT molecular complexity index is 1760. The highest BCUT2D eigenvalue weighted by molar-refractivity contribution is 6.35. The van der Waals surface area contributed by atoms with Crippen LogP contribution in [0.25, 0.3) is 22.3 Å². The van der Waals surface area contributed by atoms with Gasteiger partial charge < -0.3 is 4.90 Å². The molecule has 206 valence electrons. The number of rotatable bonds is 4. The summed E-state index contributed by atoms with van der Waals surface area (Å²) in [6, 6.07) is 44.2. The molecule has 1 nitrogen and oxygen atoms in total. The van der Waals surface area contributed by atoms with Gasteiger partial charge in [-0.2, -0.15) is 0 Å². The minimum Gasteiger partial charge on any atom is -0.309 e. The molecule has 0 heterocycles. The number of anilines is 3. The number of nitrogens with zero attached hydrogens (tertiary/aromatic N) is 1. The van der Waals surface area contributed by atoms with Crippen LogP contribution < -0.4 is 4.90 Å². The van der Waals surface area contributed by atoms with Crippen LogP contribution in [0.2, 0.25) is 5.02 Å². The van der Waals surface area contributed by atoms with E-state index in [4.69, 9.17) is 11.6 Å². The lowest BCUT2D eigenvalue weighted by Gasteiger charge is -2.61. The van der Waals surface area contributed by atoms with E-state index in [1.165, 1.54) is 59.9 Å². The normalized spacial score (nSPS) is 26.3. The van der Waals surface area contributed by atoms with Crippen molar-refractivity contribution in [2.45, 2.75) is 37.5 Å². The predicted molar refractivity (Wildman–Crippen MR) is 175 cm³/mol. The molecule has 4 fully saturated rings. The Hall–Kier alpha value is -3.81. The topological polar surface area (TPSA) is 3.24 Å². The van der Waals surface area contributed by atoms with E-state index in [0.29, 0.717) is 11.8 Å². The lowest BCUT2D eigenvalue weighted by Crippen LogP contribution is -2.55. The summed E-state index contributed by atoms with van der Waals surface area (Å²) in [5, 5.41) is 0.937. The van der Waals surface area contributed by atoms with Gasteiger partial charge in [-0.3, -0.25) is 0 Å². The second kappa shape index (κ2) is 9.35. The molecule has 4 bridgehead atoms. The summed E-state index contributed by atoms with van der Waals surface area (Å²) in [7, 11) is 0. The van der Waals surface area contributed by atoms with Crippen molar-refractivity contribution in [1.29, 1.82) is 0 Å². The lowest BCUT2D eigenvalue weighted by atomic mass is 9.43. The van der Waals surface area contributed by atoms with E-state index in [-0.39, 0.29) is 5.41 Å². The molecule has 5 aliphatic carbocycles. The van der Waals surface area contributed by atoms with Crippen LogP contribution >= 0.6 is 11.6 Å². The van der Waals surface area contributed by atoms with Crippen molar-refractivity contribution < 1.29 is 0 Å². The van der Waals surface area contributed by atoms with Crippen molar-refractivity contribution in [2.24, 2.45) is 23.7 Å². The first kappa shape index (κ1) is 24.8. The molecule has 0 N–H and O–H groups in total. The zero-order chi connectivity index (χ0) is 27.8. The van der Waals surface area contributed by atoms with Gasteiger partial charge in [0.2, 0.25) is 0 Å². The van der Waals surface area contributed by atoms with Gasteiger partial charge in [-0.1, -0.05) is 103 Å². The molecule has 4 saturated carbocycles. The van der Waals surface area contributed by atoms with Crippen molar-refractivity contribution in [3.8, 4) is 22.3 Å². The Morgan fingerprint density at radius 2 is 1.10 bits per heavy atom. The fourth-order valence-corrected chi connectivity index (χ4v) is 10.2. The van der Waals surface area contributed by atoms with Crippen LogP contribution in [0.5, 0.6) is 0 Å². The molecule has 0 radical (unpaired) electrons. The standard InChI is InChI=1S/C40H34ClN/c41-39-37(42(32-11-5-2-6-12-32)33-17-15-29(16-18-33)28-9-3-1-4-10-28)20-19-35-34-13-7-8-14-36(34)40(38(35)39)30-22-26-21-27(24-30)25-31(40)23-26/h1-20,26-27,30-31H,21-25H2. The molecular weight excluding hydrogens is 530 g/mol. The van der Waals surface area contributed by atoms with E-state index in [1.807, 2.05) is 0 Å². The Labute approximate surface area is 253 Å². The van der Waals surface area contributed by atoms with Crippen LogP contribution in [-0.4, -0.2) is 0 Å². The van der Waals surface area contributed by atoms with Gasteiger partial charge in [-0.15, -0.1) is 0 Å². The van der Waals surface area contributed by atoms with Gasteiger partial charge in [0.15, 0.2) is 0 Å². The fraction of sp³-hybridized carbons (Fsp3) is 0.250. The highest BCUT2D eigenvalue weighted by Crippen LogP contribution is 2.70. The first-order chi connectivity index (χ1) is 20.7. The minimum atomic E-state index is 0.0337. The van der Waals surface area contributed by atoms with E-state index in [1.54, 1.807) is 5.56 Å². The third-order valence-corrected chi connectivity index (χ3v) is 11.5. The second-order valence-electron chi connectivity index (χ2n) is 13.1. The van der Waals surface area contributed by atoms with Gasteiger partial charge in [0, 0.05) is 16.8 Å². The number of hydrogen-bond donors (Lipinski definition) is 0. The van der Waals surface area contributed by atoms with E-state index < -0.39 is 0 Å². The van der Waals surface area contributed by atoms with E-state index >= 15 is 0 Å². The summed E-state index contributed by atoms with van der Waals surface area (Å²) in [6.45, 7) is 0. The predicted octanol–water partition coefficient (Wildman–Crippen LogP) is 11.2. The van der Waals surface area contributed by atoms with Crippen LogP contribution in [0.1, 0.15) is 43.2 Å².